The van der Waals surface area contributed by atoms with Crippen LogP contribution in [0.5, 0.6) is 0 Å². The molecule has 76 valence electrons. The summed E-state index contributed by atoms with van der Waals surface area (Å²) in [6.07, 6.45) is 3.25. The first-order chi connectivity index (χ1) is 6.74. The number of nitrogens with one attached hydrogen (secondary N) is 1. The number of benzene rings is 1. The minimum Gasteiger partial charge on any atom is -0.361 e. The molecule has 0 aliphatic carbocycles. The molecule has 0 unspecified atom stereocenters. The molecule has 0 amide bonds. The van der Waals surface area contributed by atoms with E-state index in [2.05, 4.69) is 44.0 Å². The molecule has 2 aromatic rings. The minimum absolute atomic E-state index is 0.884. The number of rotatable bonds is 1. The molecule has 1 heteroatoms. The van der Waals surface area contributed by atoms with Crippen LogP contribution in [0.3, 0.4) is 0 Å². The van der Waals surface area contributed by atoms with Gasteiger partial charge in [-0.2, -0.15) is 0 Å². The largest absolute Gasteiger partial charge is 0.361 e. The molecule has 1 N–H and O–H groups in total. The average Bonchev–Trinajstić information content (AvgIpc) is 2.66. The lowest BCUT2D eigenvalue weighted by atomic mass is 10.2. The number of hydrogen-bond donors (Lipinski definition) is 1. The Hall–Kier alpha value is -1.24. The van der Waals surface area contributed by atoms with Crippen LogP contribution in [0.1, 0.15) is 27.2 Å². The van der Waals surface area contributed by atoms with Gasteiger partial charge >= 0.3 is 0 Å². The predicted molar refractivity (Wildman–Crippen MR) is 63.4 cm³/mol. The van der Waals surface area contributed by atoms with Crippen molar-refractivity contribution in [1.29, 1.82) is 0 Å². The maximum Gasteiger partial charge on any atom is 0.0453 e. The van der Waals surface area contributed by atoms with Crippen molar-refractivity contribution >= 4 is 10.9 Å². The number of aromatic nitrogens is 1. The van der Waals surface area contributed by atoms with Gasteiger partial charge in [-0.05, 0) is 23.4 Å². The molecule has 1 aromatic carbocycles. The Morgan fingerprint density at radius 3 is 2.36 bits per heavy atom. The standard InChI is InChI=1S/C8H7N.C5H12/c1-2-4-8-7(3-1)5-6-9-8;1-4-5(2)3/h1-6,9H;5H,4H2,1-3H3. The zero-order valence-electron chi connectivity index (χ0n) is 9.25. The molecule has 0 saturated heterocycles. The van der Waals surface area contributed by atoms with E-state index in [9.17, 15) is 0 Å². The molecule has 2 rings (SSSR count). The Morgan fingerprint density at radius 1 is 1.14 bits per heavy atom. The van der Waals surface area contributed by atoms with Gasteiger partial charge < -0.3 is 4.98 Å². The lowest BCUT2D eigenvalue weighted by Gasteiger charge is -1.90. The van der Waals surface area contributed by atoms with Crippen LogP contribution in [0.25, 0.3) is 10.9 Å². The maximum atomic E-state index is 3.12. The molecule has 14 heavy (non-hydrogen) atoms. The van der Waals surface area contributed by atoms with Crippen molar-refractivity contribution in [2.24, 2.45) is 5.92 Å². The first-order valence-corrected chi connectivity index (χ1v) is 5.26. The van der Waals surface area contributed by atoms with Gasteiger partial charge in [-0.25, -0.2) is 0 Å². The Morgan fingerprint density at radius 2 is 1.79 bits per heavy atom. The van der Waals surface area contributed by atoms with Gasteiger partial charge in [0.2, 0.25) is 0 Å². The molecule has 1 nitrogen and oxygen atoms in total. The van der Waals surface area contributed by atoms with Gasteiger partial charge in [0.25, 0.3) is 0 Å². The summed E-state index contributed by atoms with van der Waals surface area (Å²) in [4.78, 5) is 3.12. The minimum atomic E-state index is 0.884. The van der Waals surface area contributed by atoms with Crippen LogP contribution in [0.2, 0.25) is 0 Å². The highest BCUT2D eigenvalue weighted by atomic mass is 14.6. The van der Waals surface area contributed by atoms with Crippen LogP contribution in [0.15, 0.2) is 36.5 Å². The van der Waals surface area contributed by atoms with E-state index in [1.165, 1.54) is 17.3 Å². The third kappa shape index (κ3) is 3.25. The topological polar surface area (TPSA) is 15.8 Å². The fourth-order valence-corrected chi connectivity index (χ4v) is 0.995. The van der Waals surface area contributed by atoms with E-state index in [-0.39, 0.29) is 0 Å². The van der Waals surface area contributed by atoms with Gasteiger partial charge in [0.05, 0.1) is 0 Å². The number of hydrogen-bond acceptors (Lipinski definition) is 0. The van der Waals surface area contributed by atoms with Crippen LogP contribution in [0, 0.1) is 5.92 Å². The van der Waals surface area contributed by atoms with Crippen LogP contribution in [-0.4, -0.2) is 4.98 Å². The molecule has 0 spiro atoms. The van der Waals surface area contributed by atoms with Crippen LogP contribution < -0.4 is 0 Å². The summed E-state index contributed by atoms with van der Waals surface area (Å²) in [5.74, 6) is 0.884. The maximum absolute atomic E-state index is 3.12. The highest BCUT2D eigenvalue weighted by molar-refractivity contribution is 5.78. The van der Waals surface area contributed by atoms with Crippen molar-refractivity contribution in [2.45, 2.75) is 27.2 Å². The van der Waals surface area contributed by atoms with E-state index in [0.29, 0.717) is 0 Å². The Balaban J connectivity index is 0.000000171. The van der Waals surface area contributed by atoms with Crippen LogP contribution >= 0.6 is 0 Å². The fourth-order valence-electron chi connectivity index (χ4n) is 0.995. The van der Waals surface area contributed by atoms with Gasteiger partial charge in [0.1, 0.15) is 0 Å². The van der Waals surface area contributed by atoms with Crippen LogP contribution in [-0.2, 0) is 0 Å². The lowest BCUT2D eigenvalue weighted by molar-refractivity contribution is 0.626. The van der Waals surface area contributed by atoms with E-state index >= 15 is 0 Å². The van der Waals surface area contributed by atoms with Crippen LogP contribution in [0.4, 0.5) is 0 Å². The summed E-state index contributed by atoms with van der Waals surface area (Å²) >= 11 is 0. The summed E-state index contributed by atoms with van der Waals surface area (Å²) in [5, 5.41) is 1.28. The van der Waals surface area contributed by atoms with Crippen molar-refractivity contribution in [3.05, 3.63) is 36.5 Å². The number of fused-ring (bicyclic) bond motifs is 1. The summed E-state index contributed by atoms with van der Waals surface area (Å²) < 4.78 is 0. The van der Waals surface area contributed by atoms with E-state index in [0.717, 1.165) is 5.92 Å². The summed E-state index contributed by atoms with van der Waals surface area (Å²) in [6, 6.07) is 10.3. The Kier molecular flexibility index (Phi) is 4.24. The van der Waals surface area contributed by atoms with Gasteiger partial charge in [-0.1, -0.05) is 45.4 Å². The normalized spacial score (nSPS) is 10.0. The van der Waals surface area contributed by atoms with Crippen molar-refractivity contribution in [1.82, 2.24) is 4.98 Å². The molecule has 0 bridgehead atoms. The number of H-pyrrole nitrogens is 1. The Bertz CT molecular complexity index is 330. The molecule has 0 atom stereocenters. The Labute approximate surface area is 86.2 Å². The smallest absolute Gasteiger partial charge is 0.0453 e. The highest BCUT2D eigenvalue weighted by Crippen LogP contribution is 2.09. The third-order valence-corrected chi connectivity index (χ3v) is 2.28. The van der Waals surface area contributed by atoms with E-state index in [1.54, 1.807) is 0 Å². The second kappa shape index (κ2) is 5.48. The summed E-state index contributed by atoms with van der Waals surface area (Å²) in [6.45, 7) is 6.64. The molecule has 1 heterocycles. The van der Waals surface area contributed by atoms with Gasteiger partial charge in [-0.3, -0.25) is 0 Å². The number of para-hydroxylation sites is 1. The molecule has 0 saturated carbocycles. The fraction of sp³-hybridized carbons (Fsp3) is 0.385. The summed E-state index contributed by atoms with van der Waals surface area (Å²) in [7, 11) is 0. The lowest BCUT2D eigenvalue weighted by Crippen LogP contribution is -1.77. The van der Waals surface area contributed by atoms with Crippen molar-refractivity contribution in [3.8, 4) is 0 Å². The molecule has 0 fully saturated rings. The molecular formula is C13H19N. The zero-order chi connectivity index (χ0) is 10.4. The first kappa shape index (κ1) is 10.8. The number of aromatic amines is 1. The highest BCUT2D eigenvalue weighted by Gasteiger charge is 1.86. The molecule has 0 radical (unpaired) electrons. The summed E-state index contributed by atoms with van der Waals surface area (Å²) in [5.41, 5.74) is 1.21. The van der Waals surface area contributed by atoms with Gasteiger partial charge in [-0.15, -0.1) is 0 Å². The second-order valence-corrected chi connectivity index (χ2v) is 3.87. The average molecular weight is 189 g/mol. The first-order valence-electron chi connectivity index (χ1n) is 5.26. The third-order valence-electron chi connectivity index (χ3n) is 2.28. The van der Waals surface area contributed by atoms with Crippen molar-refractivity contribution in [3.63, 3.8) is 0 Å². The zero-order valence-corrected chi connectivity index (χ0v) is 9.25. The quantitative estimate of drug-likeness (QED) is 0.691. The van der Waals surface area contributed by atoms with E-state index < -0.39 is 0 Å². The van der Waals surface area contributed by atoms with Crippen molar-refractivity contribution in [2.75, 3.05) is 0 Å². The SMILES string of the molecule is CCC(C)C.c1ccc2[nH]ccc2c1. The molecule has 0 aliphatic heterocycles. The monoisotopic (exact) mass is 189 g/mol. The molecule has 1 aromatic heterocycles. The van der Waals surface area contributed by atoms with E-state index in [1.807, 2.05) is 18.3 Å². The molecule has 0 aliphatic rings. The van der Waals surface area contributed by atoms with Gasteiger partial charge in [0, 0.05) is 11.7 Å². The van der Waals surface area contributed by atoms with Crippen molar-refractivity contribution < 1.29 is 0 Å². The predicted octanol–water partition coefficient (Wildman–Crippen LogP) is 4.22. The van der Waals surface area contributed by atoms with E-state index in [4.69, 9.17) is 0 Å². The van der Waals surface area contributed by atoms with Gasteiger partial charge in [0.15, 0.2) is 0 Å². The second-order valence-electron chi connectivity index (χ2n) is 3.87. The molecular weight excluding hydrogens is 170 g/mol.